The van der Waals surface area contributed by atoms with Gasteiger partial charge in [-0.15, -0.1) is 0 Å². The van der Waals surface area contributed by atoms with Crippen LogP contribution in [0.15, 0.2) is 65.9 Å². The Morgan fingerprint density at radius 1 is 1.08 bits per heavy atom. The number of carbonyl (C=O) groups excluding carboxylic acids is 2. The molecule has 0 radical (unpaired) electrons. The third-order valence-corrected chi connectivity index (χ3v) is 4.60. The number of hydrogen-bond acceptors (Lipinski definition) is 3. The predicted molar refractivity (Wildman–Crippen MR) is 99.2 cm³/mol. The summed E-state index contributed by atoms with van der Waals surface area (Å²) in [7, 11) is 1.35. The van der Waals surface area contributed by atoms with E-state index in [4.69, 9.17) is 4.74 Å². The fraction of sp³-hybridized carbons (Fsp3) is 0.238. The van der Waals surface area contributed by atoms with Crippen LogP contribution in [-0.2, 0) is 16.1 Å². The zero-order valence-corrected chi connectivity index (χ0v) is 15.2. The number of carbonyl (C=O) groups is 2. The van der Waals surface area contributed by atoms with E-state index in [9.17, 15) is 9.59 Å². The van der Waals surface area contributed by atoms with Crippen LogP contribution >= 0.6 is 0 Å². The van der Waals surface area contributed by atoms with Crippen LogP contribution in [0, 0.1) is 6.92 Å². The number of hydrogen-bond donors (Lipinski definition) is 1. The lowest BCUT2D eigenvalue weighted by atomic mass is 9.94. The monoisotopic (exact) mass is 350 g/mol. The maximum absolute atomic E-state index is 12.7. The molecule has 5 nitrogen and oxygen atoms in total. The zero-order valence-electron chi connectivity index (χ0n) is 15.2. The molecule has 1 unspecified atom stereocenters. The number of amides is 2. The third-order valence-electron chi connectivity index (χ3n) is 4.60. The molecule has 0 aliphatic carbocycles. The van der Waals surface area contributed by atoms with Gasteiger partial charge in [0.25, 0.3) is 0 Å². The van der Waals surface area contributed by atoms with Gasteiger partial charge in [0, 0.05) is 5.70 Å². The van der Waals surface area contributed by atoms with E-state index in [1.807, 2.05) is 61.5 Å². The number of benzene rings is 2. The molecule has 0 fully saturated rings. The molecule has 1 heterocycles. The summed E-state index contributed by atoms with van der Waals surface area (Å²) in [5, 5.41) is 2.95. The Labute approximate surface area is 153 Å². The highest BCUT2D eigenvalue weighted by Crippen LogP contribution is 2.32. The van der Waals surface area contributed by atoms with E-state index in [0.717, 1.165) is 16.7 Å². The lowest BCUT2D eigenvalue weighted by Crippen LogP contribution is -2.47. The van der Waals surface area contributed by atoms with Gasteiger partial charge in [0.15, 0.2) is 0 Å². The Hall–Kier alpha value is -3.08. The number of ether oxygens (including phenoxy) is 1. The van der Waals surface area contributed by atoms with Gasteiger partial charge >= 0.3 is 12.0 Å². The van der Waals surface area contributed by atoms with E-state index in [1.165, 1.54) is 7.11 Å². The van der Waals surface area contributed by atoms with Crippen molar-refractivity contribution in [3.8, 4) is 0 Å². The van der Waals surface area contributed by atoms with Crippen molar-refractivity contribution in [2.75, 3.05) is 7.11 Å². The van der Waals surface area contributed by atoms with E-state index < -0.39 is 12.0 Å². The minimum absolute atomic E-state index is 0.232. The SMILES string of the molecule is COC(=O)C1=C(C)N(Cc2ccccc2)C(=O)NC1c1ccc(C)cc1. The molecule has 2 amide bonds. The molecular formula is C21H22N2O3. The highest BCUT2D eigenvalue weighted by atomic mass is 16.5. The molecule has 1 aliphatic rings. The second kappa shape index (κ2) is 7.44. The molecule has 2 aromatic carbocycles. The summed E-state index contributed by atoms with van der Waals surface area (Å²) >= 11 is 0. The summed E-state index contributed by atoms with van der Waals surface area (Å²) in [6.07, 6.45) is 0. The van der Waals surface area contributed by atoms with Gasteiger partial charge in [0.2, 0.25) is 0 Å². The number of methoxy groups -OCH3 is 1. The zero-order chi connectivity index (χ0) is 18.7. The topological polar surface area (TPSA) is 58.6 Å². The summed E-state index contributed by atoms with van der Waals surface area (Å²) < 4.78 is 4.99. The largest absolute Gasteiger partial charge is 0.466 e. The molecule has 1 atom stereocenters. The van der Waals surface area contributed by atoms with Crippen LogP contribution in [0.4, 0.5) is 4.79 Å². The molecule has 0 bridgehead atoms. The average Bonchev–Trinajstić information content (AvgIpc) is 2.65. The molecule has 134 valence electrons. The lowest BCUT2D eigenvalue weighted by Gasteiger charge is -2.35. The van der Waals surface area contributed by atoms with Crippen LogP contribution in [0.2, 0.25) is 0 Å². The second-order valence-electron chi connectivity index (χ2n) is 6.36. The molecule has 0 saturated heterocycles. The van der Waals surface area contributed by atoms with Crippen molar-refractivity contribution >= 4 is 12.0 Å². The van der Waals surface area contributed by atoms with Crippen LogP contribution in [0.25, 0.3) is 0 Å². The van der Waals surface area contributed by atoms with Crippen LogP contribution in [0.5, 0.6) is 0 Å². The fourth-order valence-corrected chi connectivity index (χ4v) is 3.12. The molecule has 1 aliphatic heterocycles. The number of nitrogens with zero attached hydrogens (tertiary/aromatic N) is 1. The van der Waals surface area contributed by atoms with Crippen LogP contribution in [0.1, 0.15) is 29.7 Å². The van der Waals surface area contributed by atoms with Gasteiger partial charge < -0.3 is 10.1 Å². The van der Waals surface area contributed by atoms with Gasteiger partial charge in [-0.1, -0.05) is 60.2 Å². The summed E-state index contributed by atoms with van der Waals surface area (Å²) in [5.74, 6) is -0.439. The minimum atomic E-state index is -0.525. The molecule has 0 aromatic heterocycles. The van der Waals surface area contributed by atoms with Crippen molar-refractivity contribution in [3.05, 3.63) is 82.6 Å². The number of allylic oxidation sites excluding steroid dienone is 1. The maximum atomic E-state index is 12.7. The molecule has 26 heavy (non-hydrogen) atoms. The summed E-state index contributed by atoms with van der Waals surface area (Å²) in [4.78, 5) is 26.8. The van der Waals surface area contributed by atoms with E-state index in [-0.39, 0.29) is 6.03 Å². The Morgan fingerprint density at radius 2 is 1.73 bits per heavy atom. The van der Waals surface area contributed by atoms with Crippen molar-refractivity contribution in [2.45, 2.75) is 26.4 Å². The van der Waals surface area contributed by atoms with Crippen LogP contribution in [0.3, 0.4) is 0 Å². The van der Waals surface area contributed by atoms with Gasteiger partial charge in [-0.05, 0) is 25.0 Å². The first-order valence-corrected chi connectivity index (χ1v) is 8.49. The molecule has 0 saturated carbocycles. The first kappa shape index (κ1) is 17.7. The molecule has 5 heteroatoms. The molecule has 1 N–H and O–H groups in total. The van der Waals surface area contributed by atoms with E-state index in [0.29, 0.717) is 17.8 Å². The average molecular weight is 350 g/mol. The van der Waals surface area contributed by atoms with E-state index in [2.05, 4.69) is 5.32 Å². The third kappa shape index (κ3) is 3.47. The van der Waals surface area contributed by atoms with Crippen molar-refractivity contribution in [1.29, 1.82) is 0 Å². The number of aryl methyl sites for hydroxylation is 1. The smallest absolute Gasteiger partial charge is 0.337 e. The first-order chi connectivity index (χ1) is 12.5. The number of rotatable bonds is 4. The predicted octanol–water partition coefficient (Wildman–Crippen LogP) is 3.71. The Morgan fingerprint density at radius 3 is 2.35 bits per heavy atom. The Bertz CT molecular complexity index is 841. The molecule has 0 spiro atoms. The summed E-state index contributed by atoms with van der Waals surface area (Å²) in [6, 6.07) is 16.7. The number of urea groups is 1. The van der Waals surface area contributed by atoms with Crippen molar-refractivity contribution < 1.29 is 14.3 Å². The van der Waals surface area contributed by atoms with Crippen LogP contribution in [-0.4, -0.2) is 24.0 Å². The number of esters is 1. The van der Waals surface area contributed by atoms with Gasteiger partial charge in [-0.2, -0.15) is 0 Å². The van der Waals surface area contributed by atoms with Gasteiger partial charge in [0.05, 0.1) is 25.3 Å². The second-order valence-corrected chi connectivity index (χ2v) is 6.36. The summed E-state index contributed by atoms with van der Waals surface area (Å²) in [5.41, 5.74) is 4.01. The van der Waals surface area contributed by atoms with Gasteiger partial charge in [-0.25, -0.2) is 9.59 Å². The normalized spacial score (nSPS) is 17.1. The van der Waals surface area contributed by atoms with Crippen molar-refractivity contribution in [1.82, 2.24) is 10.2 Å². The maximum Gasteiger partial charge on any atom is 0.337 e. The highest BCUT2D eigenvalue weighted by Gasteiger charge is 2.36. The fourth-order valence-electron chi connectivity index (χ4n) is 3.12. The molecular weight excluding hydrogens is 328 g/mol. The van der Waals surface area contributed by atoms with E-state index in [1.54, 1.807) is 11.8 Å². The van der Waals surface area contributed by atoms with E-state index >= 15 is 0 Å². The lowest BCUT2D eigenvalue weighted by molar-refractivity contribution is -0.136. The molecule has 2 aromatic rings. The van der Waals surface area contributed by atoms with Crippen molar-refractivity contribution in [3.63, 3.8) is 0 Å². The number of nitrogens with one attached hydrogen (secondary N) is 1. The Kier molecular flexibility index (Phi) is 5.07. The minimum Gasteiger partial charge on any atom is -0.466 e. The van der Waals surface area contributed by atoms with Gasteiger partial charge in [0.1, 0.15) is 0 Å². The summed E-state index contributed by atoms with van der Waals surface area (Å²) in [6.45, 7) is 4.17. The standard InChI is InChI=1S/C21H22N2O3/c1-14-9-11-17(12-10-14)19-18(20(24)26-3)15(2)23(21(25)22-19)13-16-7-5-4-6-8-16/h4-12,19H,13H2,1-3H3,(H,22,25). The van der Waals surface area contributed by atoms with Gasteiger partial charge in [-0.3, -0.25) is 4.90 Å². The van der Waals surface area contributed by atoms with Crippen molar-refractivity contribution in [2.24, 2.45) is 0 Å². The molecule has 3 rings (SSSR count). The van der Waals surface area contributed by atoms with Crippen LogP contribution < -0.4 is 5.32 Å². The Balaban J connectivity index is 2.02. The quantitative estimate of drug-likeness (QED) is 0.855. The highest BCUT2D eigenvalue weighted by molar-refractivity contribution is 5.95. The first-order valence-electron chi connectivity index (χ1n) is 8.49.